The number of piperazine rings is 1. The minimum atomic E-state index is 0. The van der Waals surface area contributed by atoms with E-state index in [1.54, 1.807) is 0 Å². The molecule has 7 nitrogen and oxygen atoms in total. The van der Waals surface area contributed by atoms with Crippen LogP contribution in [0.1, 0.15) is 28.0 Å². The van der Waals surface area contributed by atoms with Crippen molar-refractivity contribution in [3.05, 3.63) is 65.4 Å². The van der Waals surface area contributed by atoms with Gasteiger partial charge in [-0.1, -0.05) is 36.4 Å². The van der Waals surface area contributed by atoms with Crippen LogP contribution in [-0.4, -0.2) is 71.1 Å². The van der Waals surface area contributed by atoms with Gasteiger partial charge >= 0.3 is 0 Å². The lowest BCUT2D eigenvalue weighted by Crippen LogP contribution is -2.52. The van der Waals surface area contributed by atoms with Crippen molar-refractivity contribution in [1.29, 1.82) is 0 Å². The second kappa shape index (κ2) is 10.2. The number of H-pyrrole nitrogens is 1. The standard InChI is InChI=1S/C25H27N5O2.ClH/c31-24(29-13-15-30(16-14-29)25(32)20-11-12-26-17-20)19-8-5-18(6-9-19)7-10-23-21-3-1-2-4-22(21)27-28-23;/h1-10,20,26H,11-17H2,(H,27,28);1H/b10-7+;/t20-;/m0./s1. The van der Waals surface area contributed by atoms with Crippen molar-refractivity contribution in [3.8, 4) is 0 Å². The van der Waals surface area contributed by atoms with Crippen LogP contribution < -0.4 is 5.32 Å². The molecule has 2 aliphatic heterocycles. The fourth-order valence-corrected chi connectivity index (χ4v) is 4.46. The Bertz CT molecular complexity index is 1140. The molecule has 2 aliphatic rings. The zero-order valence-electron chi connectivity index (χ0n) is 18.4. The van der Waals surface area contributed by atoms with Gasteiger partial charge in [0.1, 0.15) is 0 Å². The number of para-hydroxylation sites is 1. The maximum Gasteiger partial charge on any atom is 0.253 e. The number of nitrogens with zero attached hydrogens (tertiary/aromatic N) is 3. The summed E-state index contributed by atoms with van der Waals surface area (Å²) < 4.78 is 0. The van der Waals surface area contributed by atoms with Crippen LogP contribution in [0, 0.1) is 5.92 Å². The lowest BCUT2D eigenvalue weighted by atomic mass is 10.1. The molecule has 5 rings (SSSR count). The van der Waals surface area contributed by atoms with Crippen molar-refractivity contribution >= 4 is 47.3 Å². The van der Waals surface area contributed by atoms with Gasteiger partial charge in [0.2, 0.25) is 5.91 Å². The Morgan fingerprint density at radius 3 is 2.39 bits per heavy atom. The van der Waals surface area contributed by atoms with Crippen LogP contribution in [0.4, 0.5) is 0 Å². The summed E-state index contributed by atoms with van der Waals surface area (Å²) in [5, 5.41) is 11.7. The number of nitrogens with one attached hydrogen (secondary N) is 2. The highest BCUT2D eigenvalue weighted by Gasteiger charge is 2.30. The van der Waals surface area contributed by atoms with E-state index in [2.05, 4.69) is 15.5 Å². The predicted molar refractivity (Wildman–Crippen MR) is 132 cm³/mol. The summed E-state index contributed by atoms with van der Waals surface area (Å²) in [6, 6.07) is 15.7. The zero-order chi connectivity index (χ0) is 21.9. The summed E-state index contributed by atoms with van der Waals surface area (Å²) in [6.07, 6.45) is 4.89. The molecule has 33 heavy (non-hydrogen) atoms. The molecule has 2 saturated heterocycles. The molecule has 0 radical (unpaired) electrons. The SMILES string of the molecule is Cl.O=C(c1ccc(/C=C/c2n[nH]c3ccccc23)cc1)N1CCN(C(=O)[C@H]2CCNC2)CC1. The molecular formula is C25H28ClN5O2. The number of carbonyl (C=O) groups excluding carboxylic acids is 2. The highest BCUT2D eigenvalue weighted by molar-refractivity contribution is 5.95. The van der Waals surface area contributed by atoms with Crippen LogP contribution in [0.25, 0.3) is 23.1 Å². The average Bonchev–Trinajstić information content (AvgIpc) is 3.53. The number of hydrogen-bond acceptors (Lipinski definition) is 4. The zero-order valence-corrected chi connectivity index (χ0v) is 19.2. The fourth-order valence-electron chi connectivity index (χ4n) is 4.46. The first-order valence-electron chi connectivity index (χ1n) is 11.2. The Hall–Kier alpha value is -3.16. The van der Waals surface area contributed by atoms with Gasteiger partial charge < -0.3 is 15.1 Å². The number of fused-ring (bicyclic) bond motifs is 1. The van der Waals surface area contributed by atoms with Gasteiger partial charge in [-0.05, 0) is 42.8 Å². The molecular weight excluding hydrogens is 438 g/mol. The highest BCUT2D eigenvalue weighted by Crippen LogP contribution is 2.19. The van der Waals surface area contributed by atoms with E-state index in [1.165, 1.54) is 0 Å². The lowest BCUT2D eigenvalue weighted by molar-refractivity contribution is -0.136. The van der Waals surface area contributed by atoms with E-state index < -0.39 is 0 Å². The molecule has 0 bridgehead atoms. The van der Waals surface area contributed by atoms with Gasteiger partial charge in [0.05, 0.1) is 17.1 Å². The molecule has 3 heterocycles. The average molecular weight is 466 g/mol. The van der Waals surface area contributed by atoms with Crippen molar-refractivity contribution in [2.45, 2.75) is 6.42 Å². The van der Waals surface area contributed by atoms with E-state index in [9.17, 15) is 9.59 Å². The van der Waals surface area contributed by atoms with Crippen molar-refractivity contribution in [3.63, 3.8) is 0 Å². The van der Waals surface area contributed by atoms with E-state index in [4.69, 9.17) is 0 Å². The maximum atomic E-state index is 12.9. The van der Waals surface area contributed by atoms with Gasteiger partial charge in [0, 0.05) is 43.7 Å². The van der Waals surface area contributed by atoms with Gasteiger partial charge in [-0.25, -0.2) is 0 Å². The molecule has 1 atom stereocenters. The first-order valence-corrected chi connectivity index (χ1v) is 11.2. The van der Waals surface area contributed by atoms with Gasteiger partial charge in [-0.3, -0.25) is 14.7 Å². The maximum absolute atomic E-state index is 12.9. The molecule has 0 aliphatic carbocycles. The molecule has 1 aromatic heterocycles. The largest absolute Gasteiger partial charge is 0.339 e. The third-order valence-corrected chi connectivity index (χ3v) is 6.38. The molecule has 2 aromatic carbocycles. The van der Waals surface area contributed by atoms with Crippen LogP contribution in [0.5, 0.6) is 0 Å². The Morgan fingerprint density at radius 2 is 1.67 bits per heavy atom. The molecule has 0 spiro atoms. The predicted octanol–water partition coefficient (Wildman–Crippen LogP) is 3.05. The summed E-state index contributed by atoms with van der Waals surface area (Å²) in [5.74, 6) is 0.341. The van der Waals surface area contributed by atoms with E-state index >= 15 is 0 Å². The van der Waals surface area contributed by atoms with Crippen molar-refractivity contribution in [2.24, 2.45) is 5.92 Å². The van der Waals surface area contributed by atoms with Gasteiger partial charge in [0.25, 0.3) is 5.91 Å². The second-order valence-corrected chi connectivity index (χ2v) is 8.42. The van der Waals surface area contributed by atoms with Crippen molar-refractivity contribution in [1.82, 2.24) is 25.3 Å². The summed E-state index contributed by atoms with van der Waals surface area (Å²) in [6.45, 7) is 4.07. The summed E-state index contributed by atoms with van der Waals surface area (Å²) in [5.41, 5.74) is 3.58. The smallest absolute Gasteiger partial charge is 0.253 e. The first-order chi connectivity index (χ1) is 15.7. The normalized spacial score (nSPS) is 18.6. The van der Waals surface area contributed by atoms with Crippen molar-refractivity contribution in [2.75, 3.05) is 39.3 Å². The van der Waals surface area contributed by atoms with Crippen LogP contribution in [-0.2, 0) is 4.79 Å². The third-order valence-electron chi connectivity index (χ3n) is 6.38. The number of benzene rings is 2. The minimum Gasteiger partial charge on any atom is -0.339 e. The Morgan fingerprint density at radius 1 is 0.939 bits per heavy atom. The van der Waals surface area contributed by atoms with Gasteiger partial charge in [-0.15, -0.1) is 12.4 Å². The molecule has 8 heteroatoms. The van der Waals surface area contributed by atoms with Crippen LogP contribution in [0.15, 0.2) is 48.5 Å². The van der Waals surface area contributed by atoms with E-state index in [0.29, 0.717) is 31.7 Å². The topological polar surface area (TPSA) is 81.3 Å². The third kappa shape index (κ3) is 4.94. The Labute approximate surface area is 199 Å². The van der Waals surface area contributed by atoms with Gasteiger partial charge in [0.15, 0.2) is 0 Å². The van der Waals surface area contributed by atoms with Crippen LogP contribution in [0.3, 0.4) is 0 Å². The summed E-state index contributed by atoms with van der Waals surface area (Å²) in [4.78, 5) is 29.2. The molecule has 2 fully saturated rings. The van der Waals surface area contributed by atoms with Gasteiger partial charge in [-0.2, -0.15) is 5.10 Å². The molecule has 172 valence electrons. The Balaban J connectivity index is 0.00000259. The first kappa shape index (κ1) is 23.0. The number of aromatic amines is 1. The molecule has 2 N–H and O–H groups in total. The summed E-state index contributed by atoms with van der Waals surface area (Å²) >= 11 is 0. The van der Waals surface area contributed by atoms with Crippen LogP contribution in [0.2, 0.25) is 0 Å². The lowest BCUT2D eigenvalue weighted by Gasteiger charge is -2.36. The fraction of sp³-hybridized carbons (Fsp3) is 0.320. The van der Waals surface area contributed by atoms with E-state index in [1.807, 2.05) is 70.5 Å². The molecule has 0 saturated carbocycles. The number of hydrogen-bond donors (Lipinski definition) is 2. The highest BCUT2D eigenvalue weighted by atomic mass is 35.5. The number of carbonyl (C=O) groups is 2. The molecule has 2 amide bonds. The second-order valence-electron chi connectivity index (χ2n) is 8.42. The number of rotatable bonds is 4. The minimum absolute atomic E-state index is 0. The van der Waals surface area contributed by atoms with E-state index in [-0.39, 0.29) is 30.1 Å². The Kier molecular flexibility index (Phi) is 7.11. The monoisotopic (exact) mass is 465 g/mol. The number of amides is 2. The quantitative estimate of drug-likeness (QED) is 0.620. The number of halogens is 1. The van der Waals surface area contributed by atoms with Crippen LogP contribution >= 0.6 is 12.4 Å². The molecule has 0 unspecified atom stereocenters. The summed E-state index contributed by atoms with van der Waals surface area (Å²) in [7, 11) is 0. The van der Waals surface area contributed by atoms with Crippen molar-refractivity contribution < 1.29 is 9.59 Å². The van der Waals surface area contributed by atoms with E-state index in [0.717, 1.165) is 41.7 Å². The molecule has 3 aromatic rings. The number of aromatic nitrogens is 2.